The molecule has 3 rings (SSSR count). The predicted molar refractivity (Wildman–Crippen MR) is 62.7 cm³/mol. The van der Waals surface area contributed by atoms with E-state index in [9.17, 15) is 9.18 Å². The van der Waals surface area contributed by atoms with Crippen LogP contribution >= 0.6 is 0 Å². The molecule has 1 aliphatic heterocycles. The van der Waals surface area contributed by atoms with E-state index in [1.807, 2.05) is 0 Å². The number of hydrogen-bond acceptors (Lipinski definition) is 2. The van der Waals surface area contributed by atoms with Crippen LogP contribution in [0.1, 0.15) is 18.4 Å². The smallest absolute Gasteiger partial charge is 0.275 e. The maximum Gasteiger partial charge on any atom is 0.275 e. The summed E-state index contributed by atoms with van der Waals surface area (Å²) < 4.78 is 12.7. The Balaban J connectivity index is 1.87. The van der Waals surface area contributed by atoms with Crippen LogP contribution < -0.4 is 5.32 Å². The highest BCUT2D eigenvalue weighted by Crippen LogP contribution is 2.32. The van der Waals surface area contributed by atoms with E-state index < -0.39 is 0 Å². The highest BCUT2D eigenvalue weighted by molar-refractivity contribution is 6.15. The summed E-state index contributed by atoms with van der Waals surface area (Å²) in [7, 11) is 0. The van der Waals surface area contributed by atoms with E-state index in [4.69, 9.17) is 0 Å². The minimum Gasteiger partial charge on any atom is -0.308 e. The maximum atomic E-state index is 12.7. The topological polar surface area (TPSA) is 41.5 Å². The molecular formula is C13H11FN2O. The largest absolute Gasteiger partial charge is 0.308 e. The molecule has 1 aromatic carbocycles. The number of carbonyl (C=O) groups excluding carboxylic acids is 1. The minimum absolute atomic E-state index is 0.170. The van der Waals surface area contributed by atoms with Crippen LogP contribution in [0.25, 0.3) is 6.08 Å². The monoisotopic (exact) mass is 230 g/mol. The van der Waals surface area contributed by atoms with Crippen molar-refractivity contribution in [3.63, 3.8) is 0 Å². The Labute approximate surface area is 98.1 Å². The van der Waals surface area contributed by atoms with E-state index in [1.165, 1.54) is 12.1 Å². The van der Waals surface area contributed by atoms with E-state index in [1.54, 1.807) is 18.2 Å². The molecule has 0 radical (unpaired) electrons. The Morgan fingerprint density at radius 3 is 2.65 bits per heavy atom. The molecular weight excluding hydrogens is 219 g/mol. The molecule has 86 valence electrons. The van der Waals surface area contributed by atoms with Crippen LogP contribution in [0.15, 0.2) is 35.0 Å². The molecule has 0 bridgehead atoms. The number of amides is 1. The van der Waals surface area contributed by atoms with Crippen molar-refractivity contribution in [1.29, 1.82) is 0 Å². The Bertz CT molecular complexity index is 527. The van der Waals surface area contributed by atoms with Gasteiger partial charge in [-0.1, -0.05) is 12.1 Å². The van der Waals surface area contributed by atoms with Gasteiger partial charge in [0.1, 0.15) is 17.3 Å². The Morgan fingerprint density at radius 1 is 1.29 bits per heavy atom. The van der Waals surface area contributed by atoms with Crippen molar-refractivity contribution in [1.82, 2.24) is 5.32 Å². The number of nitrogens with one attached hydrogen (secondary N) is 1. The van der Waals surface area contributed by atoms with Gasteiger partial charge in [-0.2, -0.15) is 0 Å². The summed E-state index contributed by atoms with van der Waals surface area (Å²) in [6.45, 7) is 0. The number of halogens is 1. The molecule has 1 heterocycles. The van der Waals surface area contributed by atoms with Gasteiger partial charge in [0.2, 0.25) is 0 Å². The first kappa shape index (κ1) is 10.2. The van der Waals surface area contributed by atoms with Crippen molar-refractivity contribution in [2.75, 3.05) is 0 Å². The summed E-state index contributed by atoms with van der Waals surface area (Å²) in [4.78, 5) is 15.9. The van der Waals surface area contributed by atoms with Crippen LogP contribution in [-0.2, 0) is 4.79 Å². The molecule has 1 fully saturated rings. The van der Waals surface area contributed by atoms with Gasteiger partial charge in [0, 0.05) is 5.92 Å². The molecule has 1 saturated carbocycles. The quantitative estimate of drug-likeness (QED) is 0.777. The van der Waals surface area contributed by atoms with Crippen molar-refractivity contribution in [2.45, 2.75) is 12.8 Å². The number of benzene rings is 1. The lowest BCUT2D eigenvalue weighted by atomic mass is 10.2. The number of hydrogen-bond donors (Lipinski definition) is 1. The standard InChI is InChI=1S/C13H11FN2O/c14-10-5-1-8(2-6-10)7-11-13(17)16-12(15-11)9-3-4-9/h1-2,5-7,9H,3-4H2,(H,15,16,17)/b11-7+. The summed E-state index contributed by atoms with van der Waals surface area (Å²) in [5.74, 6) is 0.753. The second-order valence-electron chi connectivity index (χ2n) is 4.31. The molecule has 1 amide bonds. The van der Waals surface area contributed by atoms with Crippen molar-refractivity contribution >= 4 is 17.8 Å². The van der Waals surface area contributed by atoms with Gasteiger partial charge in [-0.05, 0) is 36.6 Å². The van der Waals surface area contributed by atoms with Crippen LogP contribution in [0.3, 0.4) is 0 Å². The van der Waals surface area contributed by atoms with E-state index >= 15 is 0 Å². The average Bonchev–Trinajstić information content (AvgIpc) is 3.09. The zero-order valence-corrected chi connectivity index (χ0v) is 9.11. The van der Waals surface area contributed by atoms with Gasteiger partial charge in [0.15, 0.2) is 0 Å². The average molecular weight is 230 g/mol. The van der Waals surface area contributed by atoms with E-state index in [2.05, 4.69) is 10.3 Å². The van der Waals surface area contributed by atoms with Gasteiger partial charge in [-0.25, -0.2) is 9.38 Å². The van der Waals surface area contributed by atoms with Gasteiger partial charge in [-0.3, -0.25) is 4.79 Å². The molecule has 0 unspecified atom stereocenters. The first-order valence-electron chi connectivity index (χ1n) is 5.59. The number of rotatable bonds is 2. The number of carbonyl (C=O) groups is 1. The van der Waals surface area contributed by atoms with Crippen LogP contribution in [0.4, 0.5) is 4.39 Å². The zero-order valence-electron chi connectivity index (χ0n) is 9.11. The lowest BCUT2D eigenvalue weighted by Gasteiger charge is -1.94. The third-order valence-corrected chi connectivity index (χ3v) is 2.85. The van der Waals surface area contributed by atoms with Gasteiger partial charge < -0.3 is 5.32 Å². The van der Waals surface area contributed by atoms with Crippen LogP contribution in [0, 0.1) is 11.7 Å². The Hall–Kier alpha value is -1.97. The Morgan fingerprint density at radius 2 is 2.00 bits per heavy atom. The molecule has 3 nitrogen and oxygen atoms in total. The molecule has 17 heavy (non-hydrogen) atoms. The van der Waals surface area contributed by atoms with Gasteiger partial charge in [0.25, 0.3) is 5.91 Å². The van der Waals surface area contributed by atoms with E-state index in [-0.39, 0.29) is 11.7 Å². The van der Waals surface area contributed by atoms with E-state index in [0.717, 1.165) is 24.2 Å². The summed E-state index contributed by atoms with van der Waals surface area (Å²) in [5.41, 5.74) is 1.18. The second kappa shape index (κ2) is 3.80. The summed E-state index contributed by atoms with van der Waals surface area (Å²) in [5, 5.41) is 2.77. The molecule has 1 N–H and O–H groups in total. The minimum atomic E-state index is -0.287. The Kier molecular flexibility index (Phi) is 2.28. The number of aliphatic imine (C=N–C) groups is 1. The van der Waals surface area contributed by atoms with Gasteiger partial charge in [-0.15, -0.1) is 0 Å². The zero-order chi connectivity index (χ0) is 11.8. The molecule has 0 spiro atoms. The summed E-state index contributed by atoms with van der Waals surface area (Å²) >= 11 is 0. The maximum absolute atomic E-state index is 12.7. The van der Waals surface area contributed by atoms with Gasteiger partial charge in [0.05, 0.1) is 0 Å². The molecule has 0 atom stereocenters. The highest BCUT2D eigenvalue weighted by atomic mass is 19.1. The predicted octanol–water partition coefficient (Wildman–Crippen LogP) is 2.10. The number of nitrogens with zero attached hydrogens (tertiary/aromatic N) is 1. The van der Waals surface area contributed by atoms with Crippen molar-refractivity contribution < 1.29 is 9.18 Å². The van der Waals surface area contributed by atoms with Crippen LogP contribution in [-0.4, -0.2) is 11.7 Å². The van der Waals surface area contributed by atoms with Crippen molar-refractivity contribution in [3.05, 3.63) is 41.3 Å². The van der Waals surface area contributed by atoms with E-state index in [0.29, 0.717) is 11.6 Å². The fraction of sp³-hybridized carbons (Fsp3) is 0.231. The van der Waals surface area contributed by atoms with Crippen LogP contribution in [0.5, 0.6) is 0 Å². The first-order chi connectivity index (χ1) is 8.22. The molecule has 1 aromatic rings. The number of amidine groups is 1. The molecule has 4 heteroatoms. The summed E-state index contributed by atoms with van der Waals surface area (Å²) in [6.07, 6.45) is 3.87. The fourth-order valence-corrected chi connectivity index (χ4v) is 1.75. The fourth-order valence-electron chi connectivity index (χ4n) is 1.75. The third-order valence-electron chi connectivity index (χ3n) is 2.85. The molecule has 1 aliphatic carbocycles. The van der Waals surface area contributed by atoms with Crippen molar-refractivity contribution in [3.8, 4) is 0 Å². The first-order valence-corrected chi connectivity index (χ1v) is 5.59. The van der Waals surface area contributed by atoms with Crippen LogP contribution in [0.2, 0.25) is 0 Å². The van der Waals surface area contributed by atoms with Gasteiger partial charge >= 0.3 is 0 Å². The summed E-state index contributed by atoms with van der Waals surface area (Å²) in [6, 6.07) is 5.98. The SMILES string of the molecule is O=C1NC(C2CC2)=N/C1=C/c1ccc(F)cc1. The van der Waals surface area contributed by atoms with Crippen molar-refractivity contribution in [2.24, 2.45) is 10.9 Å². The normalized spacial score (nSPS) is 21.6. The molecule has 0 saturated heterocycles. The third kappa shape index (κ3) is 2.11. The molecule has 2 aliphatic rings. The second-order valence-corrected chi connectivity index (χ2v) is 4.31. The highest BCUT2D eigenvalue weighted by Gasteiger charge is 2.33. The molecule has 0 aromatic heterocycles. The lowest BCUT2D eigenvalue weighted by Crippen LogP contribution is -2.25. The lowest BCUT2D eigenvalue weighted by molar-refractivity contribution is -0.115.